The van der Waals surface area contributed by atoms with Gasteiger partial charge in [0.1, 0.15) is 5.69 Å². The average Bonchev–Trinajstić information content (AvgIpc) is 2.67. The molecule has 1 N–H and O–H groups in total. The number of anilines is 1. The van der Waals surface area contributed by atoms with Crippen molar-refractivity contribution in [1.82, 2.24) is 5.32 Å². The number of nitro benzene ring substituents is 1. The van der Waals surface area contributed by atoms with Gasteiger partial charge in [0.05, 0.1) is 4.92 Å². The third-order valence-electron chi connectivity index (χ3n) is 4.55. The average molecular weight is 339 g/mol. The molecule has 2 aromatic rings. The predicted octanol–water partition coefficient (Wildman–Crippen LogP) is 3.38. The van der Waals surface area contributed by atoms with E-state index in [4.69, 9.17) is 0 Å². The van der Waals surface area contributed by atoms with Crippen LogP contribution in [0.2, 0.25) is 0 Å². The molecule has 6 heteroatoms. The molecule has 1 amide bonds. The number of piperidine rings is 1. The molecule has 0 spiro atoms. The summed E-state index contributed by atoms with van der Waals surface area (Å²) in [4.78, 5) is 25.3. The van der Waals surface area contributed by atoms with Crippen molar-refractivity contribution in [2.75, 3.05) is 18.0 Å². The van der Waals surface area contributed by atoms with Crippen molar-refractivity contribution in [3.63, 3.8) is 0 Å². The Kier molecular flexibility index (Phi) is 5.28. The van der Waals surface area contributed by atoms with E-state index in [0.717, 1.165) is 25.8 Å². The molecule has 1 aliphatic rings. The van der Waals surface area contributed by atoms with Crippen molar-refractivity contribution in [2.24, 2.45) is 0 Å². The number of para-hydroxylation sites is 2. The lowest BCUT2D eigenvalue weighted by molar-refractivity contribution is -0.384. The summed E-state index contributed by atoms with van der Waals surface area (Å²) in [7, 11) is 0. The Balaban J connectivity index is 1.74. The minimum atomic E-state index is -0.344. The van der Waals surface area contributed by atoms with Gasteiger partial charge in [0, 0.05) is 30.8 Å². The Bertz CT molecular complexity index is 749. The van der Waals surface area contributed by atoms with E-state index in [2.05, 4.69) is 10.2 Å². The summed E-state index contributed by atoms with van der Waals surface area (Å²) in [5, 5.41) is 14.3. The number of amides is 1. The van der Waals surface area contributed by atoms with Crippen LogP contribution in [0.4, 0.5) is 11.4 Å². The van der Waals surface area contributed by atoms with Gasteiger partial charge in [-0.1, -0.05) is 30.3 Å². The van der Waals surface area contributed by atoms with E-state index in [1.165, 1.54) is 6.07 Å². The lowest BCUT2D eigenvalue weighted by Crippen LogP contribution is -2.47. The lowest BCUT2D eigenvalue weighted by atomic mass is 10.0. The van der Waals surface area contributed by atoms with Gasteiger partial charge in [0.2, 0.25) is 0 Å². The Hall–Kier alpha value is -2.89. The van der Waals surface area contributed by atoms with E-state index < -0.39 is 0 Å². The van der Waals surface area contributed by atoms with Gasteiger partial charge in [-0.05, 0) is 37.5 Å². The van der Waals surface area contributed by atoms with E-state index in [9.17, 15) is 14.9 Å². The standard InChI is InChI=1S/C19H21N3O3/c23-19(15-8-2-1-3-9-15)20-14-16-10-6-7-13-21(16)17-11-4-5-12-18(17)22(24)25/h1-5,8-9,11-12,16H,6-7,10,13-14H2,(H,20,23). The summed E-state index contributed by atoms with van der Waals surface area (Å²) in [5.74, 6) is -0.117. The van der Waals surface area contributed by atoms with Gasteiger partial charge in [0.25, 0.3) is 11.6 Å². The zero-order chi connectivity index (χ0) is 17.6. The highest BCUT2D eigenvalue weighted by Crippen LogP contribution is 2.32. The molecule has 130 valence electrons. The van der Waals surface area contributed by atoms with E-state index in [-0.39, 0.29) is 22.6 Å². The molecule has 1 unspecified atom stereocenters. The highest BCUT2D eigenvalue weighted by atomic mass is 16.6. The zero-order valence-corrected chi connectivity index (χ0v) is 13.9. The number of carbonyl (C=O) groups is 1. The number of benzene rings is 2. The number of nitro groups is 1. The van der Waals surface area contributed by atoms with Gasteiger partial charge in [0.15, 0.2) is 0 Å². The number of nitrogens with zero attached hydrogens (tertiary/aromatic N) is 2. The highest BCUT2D eigenvalue weighted by Gasteiger charge is 2.28. The van der Waals surface area contributed by atoms with Crippen molar-refractivity contribution in [3.8, 4) is 0 Å². The van der Waals surface area contributed by atoms with Crippen LogP contribution in [-0.4, -0.2) is 30.0 Å². The maximum Gasteiger partial charge on any atom is 0.292 e. The second-order valence-corrected chi connectivity index (χ2v) is 6.16. The number of rotatable bonds is 5. The van der Waals surface area contributed by atoms with E-state index in [0.29, 0.717) is 17.8 Å². The molecule has 0 saturated carbocycles. The monoisotopic (exact) mass is 339 g/mol. The normalized spacial score (nSPS) is 17.1. The van der Waals surface area contributed by atoms with Crippen LogP contribution < -0.4 is 10.2 Å². The molecule has 2 aromatic carbocycles. The number of carbonyl (C=O) groups excluding carboxylic acids is 1. The highest BCUT2D eigenvalue weighted by molar-refractivity contribution is 5.94. The molecule has 25 heavy (non-hydrogen) atoms. The van der Waals surface area contributed by atoms with Crippen LogP contribution in [0.5, 0.6) is 0 Å². The Morgan fingerprint density at radius 3 is 2.60 bits per heavy atom. The van der Waals surface area contributed by atoms with Crippen molar-refractivity contribution < 1.29 is 9.72 Å². The van der Waals surface area contributed by atoms with Crippen LogP contribution in [0.1, 0.15) is 29.6 Å². The maximum absolute atomic E-state index is 12.3. The predicted molar refractivity (Wildman–Crippen MR) is 96.9 cm³/mol. The number of hydrogen-bond acceptors (Lipinski definition) is 4. The first kappa shape index (κ1) is 17.0. The zero-order valence-electron chi connectivity index (χ0n) is 13.9. The summed E-state index contributed by atoms with van der Waals surface area (Å²) in [6.07, 6.45) is 2.96. The molecule has 1 aliphatic heterocycles. The molecule has 6 nitrogen and oxygen atoms in total. The molecular formula is C19H21N3O3. The molecule has 3 rings (SSSR count). The first-order chi connectivity index (χ1) is 12.2. The summed E-state index contributed by atoms with van der Waals surface area (Å²) in [5.41, 5.74) is 1.37. The van der Waals surface area contributed by atoms with Crippen molar-refractivity contribution >= 4 is 17.3 Å². The van der Waals surface area contributed by atoms with Gasteiger partial charge in [-0.25, -0.2) is 0 Å². The fraction of sp³-hybridized carbons (Fsp3) is 0.316. The van der Waals surface area contributed by atoms with Gasteiger partial charge < -0.3 is 10.2 Å². The van der Waals surface area contributed by atoms with Gasteiger partial charge in [-0.2, -0.15) is 0 Å². The molecule has 1 fully saturated rings. The Morgan fingerprint density at radius 1 is 1.12 bits per heavy atom. The molecule has 0 aromatic heterocycles. The van der Waals surface area contributed by atoms with Gasteiger partial charge >= 0.3 is 0 Å². The fourth-order valence-electron chi connectivity index (χ4n) is 3.29. The minimum Gasteiger partial charge on any atom is -0.361 e. The first-order valence-corrected chi connectivity index (χ1v) is 8.50. The summed E-state index contributed by atoms with van der Waals surface area (Å²) in [6.45, 7) is 1.23. The molecule has 0 bridgehead atoms. The second-order valence-electron chi connectivity index (χ2n) is 6.16. The SMILES string of the molecule is O=C(NCC1CCCCN1c1ccccc1[N+](=O)[O-])c1ccccc1. The smallest absolute Gasteiger partial charge is 0.292 e. The number of hydrogen-bond donors (Lipinski definition) is 1. The first-order valence-electron chi connectivity index (χ1n) is 8.50. The molecule has 1 saturated heterocycles. The van der Waals surface area contributed by atoms with Crippen LogP contribution in [-0.2, 0) is 0 Å². The van der Waals surface area contributed by atoms with Crippen molar-refractivity contribution in [1.29, 1.82) is 0 Å². The second kappa shape index (κ2) is 7.79. The fourth-order valence-corrected chi connectivity index (χ4v) is 3.29. The molecular weight excluding hydrogens is 318 g/mol. The van der Waals surface area contributed by atoms with Crippen LogP contribution in [0.15, 0.2) is 54.6 Å². The van der Waals surface area contributed by atoms with Crippen LogP contribution in [0.25, 0.3) is 0 Å². The summed E-state index contributed by atoms with van der Waals surface area (Å²) < 4.78 is 0. The molecule has 1 heterocycles. The maximum atomic E-state index is 12.3. The van der Waals surface area contributed by atoms with Gasteiger partial charge in [-0.15, -0.1) is 0 Å². The molecule has 0 aliphatic carbocycles. The summed E-state index contributed by atoms with van der Waals surface area (Å²) >= 11 is 0. The van der Waals surface area contributed by atoms with Gasteiger partial charge in [-0.3, -0.25) is 14.9 Å². The summed E-state index contributed by atoms with van der Waals surface area (Å²) in [6, 6.07) is 15.9. The van der Waals surface area contributed by atoms with Crippen LogP contribution >= 0.6 is 0 Å². The van der Waals surface area contributed by atoms with Crippen LogP contribution in [0, 0.1) is 10.1 Å². The minimum absolute atomic E-state index is 0.0579. The van der Waals surface area contributed by atoms with Crippen molar-refractivity contribution in [3.05, 3.63) is 70.3 Å². The third kappa shape index (κ3) is 3.96. The topological polar surface area (TPSA) is 75.5 Å². The van der Waals surface area contributed by atoms with Crippen molar-refractivity contribution in [2.45, 2.75) is 25.3 Å². The Labute approximate surface area is 146 Å². The van der Waals surface area contributed by atoms with E-state index in [1.807, 2.05) is 24.3 Å². The van der Waals surface area contributed by atoms with Crippen LogP contribution in [0.3, 0.4) is 0 Å². The quantitative estimate of drug-likeness (QED) is 0.669. The third-order valence-corrected chi connectivity index (χ3v) is 4.55. The van der Waals surface area contributed by atoms with E-state index in [1.54, 1.807) is 24.3 Å². The Morgan fingerprint density at radius 2 is 1.84 bits per heavy atom. The molecule has 1 atom stereocenters. The number of nitrogens with one attached hydrogen (secondary N) is 1. The largest absolute Gasteiger partial charge is 0.361 e. The van der Waals surface area contributed by atoms with E-state index >= 15 is 0 Å². The lowest BCUT2D eigenvalue weighted by Gasteiger charge is -2.37. The molecule has 0 radical (unpaired) electrons.